The van der Waals surface area contributed by atoms with E-state index in [9.17, 15) is 13.2 Å². The Morgan fingerprint density at radius 2 is 2.16 bits per heavy atom. The molecule has 0 aliphatic heterocycles. The van der Waals surface area contributed by atoms with Crippen LogP contribution in [0.2, 0.25) is 5.02 Å². The number of anilines is 1. The molecule has 7 nitrogen and oxygen atoms in total. The normalized spacial score (nSPS) is 12.6. The van der Waals surface area contributed by atoms with Gasteiger partial charge < -0.3 is 14.5 Å². The number of sulfonamides is 1. The number of hydrogen-bond donors (Lipinski definition) is 2. The first-order valence-corrected chi connectivity index (χ1v) is 9.48. The molecule has 25 heavy (non-hydrogen) atoms. The highest BCUT2D eigenvalue weighted by molar-refractivity contribution is 7.89. The predicted molar refractivity (Wildman–Crippen MR) is 94.0 cm³/mol. The molecule has 1 heterocycles. The van der Waals surface area contributed by atoms with E-state index in [0.29, 0.717) is 17.9 Å². The number of benzene rings is 1. The second-order valence-corrected chi connectivity index (χ2v) is 7.37. The fraction of sp³-hybridized carbons (Fsp3) is 0.312. The number of hydrogen-bond acceptors (Lipinski definition) is 6. The van der Waals surface area contributed by atoms with Crippen LogP contribution in [-0.2, 0) is 21.3 Å². The molecule has 0 bridgehead atoms. The highest BCUT2D eigenvalue weighted by Crippen LogP contribution is 2.29. The van der Waals surface area contributed by atoms with Gasteiger partial charge in [0.05, 0.1) is 35.2 Å². The third-order valence-electron chi connectivity index (χ3n) is 3.51. The second kappa shape index (κ2) is 7.90. The molecule has 2 aromatic rings. The van der Waals surface area contributed by atoms with Crippen LogP contribution in [0, 0.1) is 0 Å². The average Bonchev–Trinajstić information content (AvgIpc) is 3.04. The van der Waals surface area contributed by atoms with Gasteiger partial charge >= 0.3 is 5.97 Å². The number of rotatable bonds is 7. The van der Waals surface area contributed by atoms with Gasteiger partial charge in [0, 0.05) is 0 Å². The third-order valence-corrected chi connectivity index (χ3v) is 4.89. The molecule has 1 unspecified atom stereocenters. The third kappa shape index (κ3) is 4.97. The zero-order valence-electron chi connectivity index (χ0n) is 13.8. The lowest BCUT2D eigenvalue weighted by Crippen LogP contribution is -2.18. The standard InChI is InChI=1S/C16H19ClN2O5S/c1-3-10(2)24-16(20)12-7-15(25(18,21)22)13(17)8-14(12)19-9-11-5-4-6-23-11/h4-8,10,19H,3,9H2,1-2H3,(H2,18,21,22). The van der Waals surface area contributed by atoms with Crippen molar-refractivity contribution in [3.8, 4) is 0 Å². The number of nitrogens with two attached hydrogens (primary N) is 1. The van der Waals surface area contributed by atoms with Crippen LogP contribution in [0.25, 0.3) is 0 Å². The summed E-state index contributed by atoms with van der Waals surface area (Å²) in [6.07, 6.45) is 1.82. The van der Waals surface area contributed by atoms with Crippen molar-refractivity contribution in [3.05, 3.63) is 46.9 Å². The molecule has 1 atom stereocenters. The van der Waals surface area contributed by atoms with Crippen LogP contribution in [-0.4, -0.2) is 20.5 Å². The second-order valence-electron chi connectivity index (χ2n) is 5.43. The molecule has 1 aromatic heterocycles. The summed E-state index contributed by atoms with van der Waals surface area (Å²) < 4.78 is 33.8. The van der Waals surface area contributed by atoms with Crippen molar-refractivity contribution in [1.82, 2.24) is 0 Å². The van der Waals surface area contributed by atoms with Crippen molar-refractivity contribution in [1.29, 1.82) is 0 Å². The minimum absolute atomic E-state index is 0.0280. The molecule has 0 aliphatic carbocycles. The van der Waals surface area contributed by atoms with E-state index in [0.717, 1.165) is 6.07 Å². The van der Waals surface area contributed by atoms with Gasteiger partial charge in [0.15, 0.2) is 0 Å². The van der Waals surface area contributed by atoms with E-state index in [1.807, 2.05) is 6.92 Å². The van der Waals surface area contributed by atoms with Crippen LogP contribution >= 0.6 is 11.6 Å². The summed E-state index contributed by atoms with van der Waals surface area (Å²) in [7, 11) is -4.08. The zero-order chi connectivity index (χ0) is 18.6. The Morgan fingerprint density at radius 3 is 2.72 bits per heavy atom. The van der Waals surface area contributed by atoms with Crippen molar-refractivity contribution < 1.29 is 22.4 Å². The number of nitrogens with one attached hydrogen (secondary N) is 1. The van der Waals surface area contributed by atoms with Gasteiger partial charge in [0.2, 0.25) is 10.0 Å². The number of carbonyl (C=O) groups excluding carboxylic acids is 1. The molecule has 0 aliphatic rings. The fourth-order valence-electron chi connectivity index (χ4n) is 2.01. The summed E-state index contributed by atoms with van der Waals surface area (Å²) >= 11 is 6.01. The van der Waals surface area contributed by atoms with Gasteiger partial charge in [0.25, 0.3) is 0 Å². The van der Waals surface area contributed by atoms with Crippen molar-refractivity contribution in [3.63, 3.8) is 0 Å². The smallest absolute Gasteiger partial charge is 0.340 e. The van der Waals surface area contributed by atoms with Crippen molar-refractivity contribution >= 4 is 33.3 Å². The van der Waals surface area contributed by atoms with Crippen molar-refractivity contribution in [2.75, 3.05) is 5.32 Å². The topological polar surface area (TPSA) is 112 Å². The molecule has 0 spiro atoms. The lowest BCUT2D eigenvalue weighted by Gasteiger charge is -2.16. The summed E-state index contributed by atoms with van der Waals surface area (Å²) in [5, 5.41) is 8.06. The highest BCUT2D eigenvalue weighted by atomic mass is 35.5. The van der Waals surface area contributed by atoms with Crippen LogP contribution in [0.15, 0.2) is 39.8 Å². The Balaban J connectivity index is 2.41. The predicted octanol–water partition coefficient (Wildman–Crippen LogP) is 3.15. The van der Waals surface area contributed by atoms with Crippen LogP contribution < -0.4 is 10.5 Å². The number of carbonyl (C=O) groups is 1. The molecule has 0 fully saturated rings. The lowest BCUT2D eigenvalue weighted by molar-refractivity contribution is 0.0335. The van der Waals surface area contributed by atoms with E-state index in [4.69, 9.17) is 25.9 Å². The summed E-state index contributed by atoms with van der Waals surface area (Å²) in [5.41, 5.74) is 0.349. The monoisotopic (exact) mass is 386 g/mol. The maximum atomic E-state index is 12.4. The molecule has 1 aromatic carbocycles. The van der Waals surface area contributed by atoms with E-state index in [1.165, 1.54) is 12.3 Å². The van der Waals surface area contributed by atoms with Gasteiger partial charge in [-0.2, -0.15) is 0 Å². The Kier molecular flexibility index (Phi) is 6.10. The van der Waals surface area contributed by atoms with E-state index < -0.39 is 16.0 Å². The van der Waals surface area contributed by atoms with Crippen LogP contribution in [0.3, 0.4) is 0 Å². The largest absolute Gasteiger partial charge is 0.467 e. The zero-order valence-corrected chi connectivity index (χ0v) is 15.4. The number of esters is 1. The van der Waals surface area contributed by atoms with E-state index in [2.05, 4.69) is 5.32 Å². The van der Waals surface area contributed by atoms with Crippen molar-refractivity contribution in [2.24, 2.45) is 5.14 Å². The van der Waals surface area contributed by atoms with Crippen LogP contribution in [0.4, 0.5) is 5.69 Å². The quantitative estimate of drug-likeness (QED) is 0.707. The molecular weight excluding hydrogens is 368 g/mol. The average molecular weight is 387 g/mol. The van der Waals surface area contributed by atoms with Gasteiger partial charge in [-0.3, -0.25) is 0 Å². The van der Waals surface area contributed by atoms with Crippen molar-refractivity contribution in [2.45, 2.75) is 37.8 Å². The highest BCUT2D eigenvalue weighted by Gasteiger charge is 2.22. The molecule has 0 amide bonds. The fourth-order valence-corrected chi connectivity index (χ4v) is 3.11. The number of primary sulfonamides is 1. The van der Waals surface area contributed by atoms with Gasteiger partial charge in [0.1, 0.15) is 10.7 Å². The minimum atomic E-state index is -4.08. The van der Waals surface area contributed by atoms with E-state index in [-0.39, 0.29) is 28.1 Å². The first-order valence-electron chi connectivity index (χ1n) is 7.56. The summed E-state index contributed by atoms with van der Waals surface area (Å²) in [6, 6.07) is 5.93. The number of halogens is 1. The van der Waals surface area contributed by atoms with Crippen LogP contribution in [0.5, 0.6) is 0 Å². The van der Waals surface area contributed by atoms with Gasteiger partial charge in [-0.15, -0.1) is 0 Å². The molecular formula is C16H19ClN2O5S. The SMILES string of the molecule is CCC(C)OC(=O)c1cc(S(N)(=O)=O)c(Cl)cc1NCc1ccco1. The maximum absolute atomic E-state index is 12.4. The van der Waals surface area contributed by atoms with E-state index >= 15 is 0 Å². The Bertz CT molecular complexity index is 850. The lowest BCUT2D eigenvalue weighted by atomic mass is 10.1. The first-order chi connectivity index (χ1) is 11.7. The molecule has 0 saturated carbocycles. The molecule has 2 rings (SSSR count). The summed E-state index contributed by atoms with van der Waals surface area (Å²) in [6.45, 7) is 3.89. The van der Waals surface area contributed by atoms with Gasteiger partial charge in [-0.25, -0.2) is 18.4 Å². The molecule has 9 heteroatoms. The Hall–Kier alpha value is -2.03. The van der Waals surface area contributed by atoms with E-state index in [1.54, 1.807) is 19.1 Å². The molecule has 136 valence electrons. The minimum Gasteiger partial charge on any atom is -0.467 e. The van der Waals surface area contributed by atoms with Gasteiger partial charge in [-0.1, -0.05) is 18.5 Å². The number of furan rings is 1. The molecule has 3 N–H and O–H groups in total. The Labute approximate surface area is 151 Å². The maximum Gasteiger partial charge on any atom is 0.340 e. The van der Waals surface area contributed by atoms with Gasteiger partial charge in [-0.05, 0) is 37.6 Å². The Morgan fingerprint density at radius 1 is 1.44 bits per heavy atom. The number of ether oxygens (including phenoxy) is 1. The van der Waals surface area contributed by atoms with Crippen LogP contribution in [0.1, 0.15) is 36.4 Å². The first kappa shape index (κ1) is 19.3. The summed E-state index contributed by atoms with van der Waals surface area (Å²) in [5.74, 6) is -0.0363. The summed E-state index contributed by atoms with van der Waals surface area (Å²) in [4.78, 5) is 12.1. The molecule has 0 radical (unpaired) electrons. The molecule has 0 saturated heterocycles.